The monoisotopic (exact) mass is 463 g/mol. The molecule has 0 bridgehead atoms. The zero-order chi connectivity index (χ0) is 21.9. The highest BCUT2D eigenvalue weighted by Gasteiger charge is 2.38. The van der Waals surface area contributed by atoms with Crippen LogP contribution in [0.2, 0.25) is 0 Å². The Labute approximate surface area is 172 Å². The number of phenols is 1. The number of alkyl halides is 3. The predicted molar refractivity (Wildman–Crippen MR) is 104 cm³/mol. The first kappa shape index (κ1) is 22.3. The number of ether oxygens (including phenoxy) is 1. The third kappa shape index (κ3) is 5.85. The molecule has 30 heavy (non-hydrogen) atoms. The number of fused-ring (bicyclic) bond motifs is 1. The van der Waals surface area contributed by atoms with Gasteiger partial charge in [0, 0.05) is 6.54 Å². The van der Waals surface area contributed by atoms with Gasteiger partial charge in [0.05, 0.1) is 17.8 Å². The number of aromatic hydroxyl groups is 1. The van der Waals surface area contributed by atoms with Gasteiger partial charge in [-0.15, -0.1) is 0 Å². The number of nitrogens with two attached hydrogens (primary N) is 1. The molecule has 0 radical (unpaired) electrons. The number of phenolic OH excluding ortho intramolecular Hbond substituents is 1. The van der Waals surface area contributed by atoms with Crippen LogP contribution in [0, 0.1) is 0 Å². The molecule has 162 valence electrons. The van der Waals surface area contributed by atoms with E-state index in [-0.39, 0.29) is 24.8 Å². The van der Waals surface area contributed by atoms with Gasteiger partial charge < -0.3 is 25.0 Å². The van der Waals surface area contributed by atoms with Crippen molar-refractivity contribution in [3.05, 3.63) is 30.6 Å². The summed E-state index contributed by atoms with van der Waals surface area (Å²) in [5, 5.41) is 10.4. The van der Waals surface area contributed by atoms with Crippen molar-refractivity contribution in [3.63, 3.8) is 0 Å². The summed E-state index contributed by atoms with van der Waals surface area (Å²) in [4.78, 5) is 22.4. The number of hydrogen-bond acceptors (Lipinski definition) is 8. The molecule has 3 aromatic rings. The number of halogens is 3. The molecule has 14 heteroatoms. The van der Waals surface area contributed by atoms with Crippen molar-refractivity contribution in [2.24, 2.45) is 0 Å². The van der Waals surface area contributed by atoms with Crippen molar-refractivity contribution in [1.82, 2.24) is 19.5 Å². The van der Waals surface area contributed by atoms with Crippen LogP contribution < -0.4 is 5.73 Å². The number of rotatable bonds is 8. The van der Waals surface area contributed by atoms with E-state index in [1.165, 1.54) is 17.0 Å². The maximum atomic E-state index is 12.3. The summed E-state index contributed by atoms with van der Waals surface area (Å²) in [6, 6.07) is 6.65. The second kappa shape index (κ2) is 8.80. The second-order valence-corrected chi connectivity index (χ2v) is 9.52. The van der Waals surface area contributed by atoms with Gasteiger partial charge in [0.25, 0.3) is 0 Å². The smallest absolute Gasteiger partial charge is 0.398 e. The Morgan fingerprint density at radius 3 is 2.70 bits per heavy atom. The van der Waals surface area contributed by atoms with Gasteiger partial charge in [-0.2, -0.15) is 18.2 Å². The summed E-state index contributed by atoms with van der Waals surface area (Å²) in [6.45, 7) is -0.0284. The second-order valence-electron chi connectivity index (χ2n) is 6.22. The highest BCUT2D eigenvalue weighted by atomic mass is 32.2. The predicted octanol–water partition coefficient (Wildman–Crippen LogP) is 3.07. The van der Waals surface area contributed by atoms with Gasteiger partial charge in [-0.25, -0.2) is 9.97 Å². The van der Waals surface area contributed by atoms with Gasteiger partial charge >= 0.3 is 6.18 Å². The van der Waals surface area contributed by atoms with Crippen molar-refractivity contribution < 1.29 is 32.5 Å². The molecule has 0 amide bonds. The zero-order valence-electron chi connectivity index (χ0n) is 15.3. The van der Waals surface area contributed by atoms with Crippen LogP contribution in [0.25, 0.3) is 11.2 Å². The molecule has 0 aliphatic heterocycles. The largest absolute Gasteiger partial charge is 0.507 e. The Bertz CT molecular complexity index is 1090. The molecule has 2 aromatic heterocycles. The van der Waals surface area contributed by atoms with Crippen molar-refractivity contribution >= 4 is 36.2 Å². The molecule has 2 heterocycles. The Morgan fingerprint density at radius 1 is 1.27 bits per heavy atom. The Balaban J connectivity index is 1.70. The van der Waals surface area contributed by atoms with Crippen LogP contribution in [0.3, 0.4) is 0 Å². The molecule has 9 nitrogen and oxygen atoms in total. The topological polar surface area (TPSA) is 136 Å². The number of nitrogen functional groups attached to an aromatic ring is 1. The van der Waals surface area contributed by atoms with Crippen molar-refractivity contribution in [2.45, 2.75) is 22.6 Å². The highest BCUT2D eigenvalue weighted by Crippen LogP contribution is 2.45. The zero-order valence-corrected chi connectivity index (χ0v) is 17.0. The maximum absolute atomic E-state index is 12.3. The van der Waals surface area contributed by atoms with Gasteiger partial charge in [0.15, 0.2) is 5.65 Å². The lowest BCUT2D eigenvalue weighted by Crippen LogP contribution is -2.17. The minimum Gasteiger partial charge on any atom is -0.507 e. The van der Waals surface area contributed by atoms with E-state index in [1.807, 2.05) is 0 Å². The molecule has 0 aliphatic rings. The van der Waals surface area contributed by atoms with Crippen molar-refractivity contribution in [1.29, 1.82) is 0 Å². The summed E-state index contributed by atoms with van der Waals surface area (Å²) in [5.74, 6) is 0.0288. The SMILES string of the molecule is Nc1nc(Sc2ccccc2O)c2ncn(CCOCP(=O)(O)CC(F)(F)F)c2n1. The molecule has 0 aliphatic carbocycles. The Morgan fingerprint density at radius 2 is 2.00 bits per heavy atom. The van der Waals surface area contributed by atoms with E-state index in [0.717, 1.165) is 11.8 Å². The molecule has 3 rings (SSSR count). The number of nitrogens with zero attached hydrogens (tertiary/aromatic N) is 4. The first-order valence-corrected chi connectivity index (χ1v) is 11.3. The maximum Gasteiger partial charge on any atom is 0.398 e. The fourth-order valence-electron chi connectivity index (χ4n) is 2.51. The highest BCUT2D eigenvalue weighted by molar-refractivity contribution is 7.99. The van der Waals surface area contributed by atoms with Crippen LogP contribution in [0.4, 0.5) is 19.1 Å². The normalized spacial score (nSPS) is 14.1. The lowest BCUT2D eigenvalue weighted by molar-refractivity contribution is -0.108. The quantitative estimate of drug-likeness (QED) is 0.261. The van der Waals surface area contributed by atoms with Crippen LogP contribution in [-0.4, -0.2) is 54.8 Å². The van der Waals surface area contributed by atoms with Gasteiger partial charge in [-0.1, -0.05) is 23.9 Å². The molecule has 1 atom stereocenters. The van der Waals surface area contributed by atoms with E-state index in [1.54, 1.807) is 18.2 Å². The van der Waals surface area contributed by atoms with E-state index >= 15 is 0 Å². The molecule has 1 aromatic carbocycles. The number of aromatic nitrogens is 4. The Hall–Kier alpha value is -2.34. The van der Waals surface area contributed by atoms with Crippen LogP contribution >= 0.6 is 19.1 Å². The summed E-state index contributed by atoms with van der Waals surface area (Å²) >= 11 is 1.14. The van der Waals surface area contributed by atoms with E-state index in [2.05, 4.69) is 15.0 Å². The minimum atomic E-state index is -4.75. The number of benzene rings is 1. The number of imidazole rings is 1. The summed E-state index contributed by atoms with van der Waals surface area (Å²) in [5.41, 5.74) is 6.53. The third-order valence-electron chi connectivity index (χ3n) is 3.72. The van der Waals surface area contributed by atoms with Crippen LogP contribution in [0.5, 0.6) is 5.75 Å². The van der Waals surface area contributed by atoms with Crippen molar-refractivity contribution in [3.8, 4) is 5.75 Å². The number of para-hydroxylation sites is 1. The van der Waals surface area contributed by atoms with E-state index < -0.39 is 26.1 Å². The number of anilines is 1. The Kier molecular flexibility index (Phi) is 6.56. The number of hydrogen-bond donors (Lipinski definition) is 3. The third-order valence-corrected chi connectivity index (χ3v) is 6.20. The lowest BCUT2D eigenvalue weighted by atomic mass is 10.3. The van der Waals surface area contributed by atoms with E-state index in [9.17, 15) is 27.7 Å². The first-order valence-electron chi connectivity index (χ1n) is 8.44. The molecule has 0 spiro atoms. The standard InChI is InChI=1S/C16H17F3N5O4PS/c17-16(18,19)7-29(26,27)9-28-6-5-24-8-21-12-13(24)22-15(20)23-14(12)30-11-4-2-1-3-10(11)25/h1-4,8,25H,5-7,9H2,(H,26,27)(H2,20,22,23). The van der Waals surface area contributed by atoms with Gasteiger partial charge in [0.2, 0.25) is 13.3 Å². The molecule has 0 saturated heterocycles. The van der Waals surface area contributed by atoms with Crippen LogP contribution in [0.1, 0.15) is 0 Å². The van der Waals surface area contributed by atoms with E-state index in [0.29, 0.717) is 21.1 Å². The van der Waals surface area contributed by atoms with Gasteiger partial charge in [0.1, 0.15) is 28.8 Å². The molecular weight excluding hydrogens is 446 g/mol. The van der Waals surface area contributed by atoms with E-state index in [4.69, 9.17) is 10.5 Å². The molecule has 0 saturated carbocycles. The average molecular weight is 463 g/mol. The van der Waals surface area contributed by atoms with Crippen LogP contribution in [-0.2, 0) is 15.8 Å². The van der Waals surface area contributed by atoms with Gasteiger partial charge in [-0.3, -0.25) is 4.57 Å². The molecule has 1 unspecified atom stereocenters. The summed E-state index contributed by atoms with van der Waals surface area (Å²) < 4.78 is 54.8. The minimum absolute atomic E-state index is 0.0341. The summed E-state index contributed by atoms with van der Waals surface area (Å²) in [6.07, 6.45) is -6.04. The summed E-state index contributed by atoms with van der Waals surface area (Å²) in [7, 11) is -4.47. The molecule has 0 fully saturated rings. The molecule has 4 N–H and O–H groups in total. The average Bonchev–Trinajstić information content (AvgIpc) is 3.01. The first-order chi connectivity index (χ1) is 14.0. The van der Waals surface area contributed by atoms with Crippen LogP contribution in [0.15, 0.2) is 40.5 Å². The fourth-order valence-corrected chi connectivity index (χ4v) is 4.49. The lowest BCUT2D eigenvalue weighted by Gasteiger charge is -2.14. The molecular formula is C16H17F3N5O4PS. The van der Waals surface area contributed by atoms with Crippen molar-refractivity contribution in [2.75, 3.05) is 24.9 Å². The van der Waals surface area contributed by atoms with Gasteiger partial charge in [-0.05, 0) is 12.1 Å². The fraction of sp³-hybridized carbons (Fsp3) is 0.312.